The number of hydrogen-bond donors (Lipinski definition) is 1. The number of ether oxygens (including phenoxy) is 1. The lowest BCUT2D eigenvalue weighted by atomic mass is 9.63. The lowest BCUT2D eigenvalue weighted by Gasteiger charge is -2.42. The van der Waals surface area contributed by atoms with Gasteiger partial charge in [0.05, 0.1) is 0 Å². The van der Waals surface area contributed by atoms with E-state index in [0.29, 0.717) is 12.6 Å². The van der Waals surface area contributed by atoms with Crippen molar-refractivity contribution in [3.63, 3.8) is 0 Å². The molecule has 0 amide bonds. The molecule has 2 heteroatoms. The fourth-order valence-electron chi connectivity index (χ4n) is 5.63. The zero-order chi connectivity index (χ0) is 24.6. The maximum atomic E-state index is 6.39. The molecule has 0 radical (unpaired) electrons. The number of nitrogens with one attached hydrogen (secondary N) is 1. The van der Waals surface area contributed by atoms with Crippen molar-refractivity contribution in [3.8, 4) is 28.0 Å². The van der Waals surface area contributed by atoms with Crippen LogP contribution in [0.25, 0.3) is 22.3 Å². The molecular weight excluding hydrogens is 426 g/mol. The van der Waals surface area contributed by atoms with Crippen molar-refractivity contribution in [3.05, 3.63) is 77.4 Å². The summed E-state index contributed by atoms with van der Waals surface area (Å²) < 4.78 is 6.39. The van der Waals surface area contributed by atoms with Crippen LogP contribution in [-0.2, 0) is 17.3 Å². The molecule has 5 rings (SSSR count). The van der Waals surface area contributed by atoms with Crippen LogP contribution in [0.15, 0.2) is 60.7 Å². The quantitative estimate of drug-likeness (QED) is 0.338. The average molecular weight is 468 g/mol. The Morgan fingerprint density at radius 2 is 1.49 bits per heavy atom. The van der Waals surface area contributed by atoms with Gasteiger partial charge >= 0.3 is 0 Å². The molecule has 0 aliphatic heterocycles. The van der Waals surface area contributed by atoms with Crippen LogP contribution in [0.4, 0.5) is 0 Å². The Morgan fingerprint density at radius 3 is 2.23 bits per heavy atom. The van der Waals surface area contributed by atoms with E-state index in [0.717, 1.165) is 18.7 Å². The Balaban J connectivity index is 1.57. The second kappa shape index (κ2) is 9.47. The van der Waals surface area contributed by atoms with Crippen LogP contribution >= 0.6 is 0 Å². The zero-order valence-corrected chi connectivity index (χ0v) is 22.2. The van der Waals surface area contributed by atoms with Gasteiger partial charge in [0.25, 0.3) is 0 Å². The van der Waals surface area contributed by atoms with Gasteiger partial charge in [0.15, 0.2) is 0 Å². The summed E-state index contributed by atoms with van der Waals surface area (Å²) in [4.78, 5) is 0. The highest BCUT2D eigenvalue weighted by atomic mass is 16.5. The molecule has 184 valence electrons. The number of rotatable bonds is 8. The summed E-state index contributed by atoms with van der Waals surface area (Å²) in [7, 11) is 0. The van der Waals surface area contributed by atoms with Crippen LogP contribution < -0.4 is 10.1 Å². The summed E-state index contributed by atoms with van der Waals surface area (Å²) in [5.74, 6) is 0.980. The number of fused-ring (bicyclic) bond motifs is 1. The lowest BCUT2D eigenvalue weighted by molar-refractivity contribution is 0.314. The molecule has 1 N–H and O–H groups in total. The second-order valence-corrected chi connectivity index (χ2v) is 11.8. The van der Waals surface area contributed by atoms with Gasteiger partial charge in [0, 0.05) is 18.2 Å². The lowest BCUT2D eigenvalue weighted by Crippen LogP contribution is -2.33. The van der Waals surface area contributed by atoms with E-state index >= 15 is 0 Å². The zero-order valence-electron chi connectivity index (χ0n) is 22.2. The van der Waals surface area contributed by atoms with E-state index in [1.54, 1.807) is 0 Å². The topological polar surface area (TPSA) is 21.3 Å². The summed E-state index contributed by atoms with van der Waals surface area (Å²) in [6, 6.07) is 23.4. The van der Waals surface area contributed by atoms with E-state index in [-0.39, 0.29) is 10.8 Å². The molecule has 2 aliphatic rings. The highest BCUT2D eigenvalue weighted by Gasteiger charge is 2.37. The van der Waals surface area contributed by atoms with Crippen LogP contribution in [-0.4, -0.2) is 19.2 Å². The van der Waals surface area contributed by atoms with E-state index < -0.39 is 0 Å². The smallest absolute Gasteiger partial charge is 0.127 e. The predicted octanol–water partition coefficient (Wildman–Crippen LogP) is 8.06. The van der Waals surface area contributed by atoms with Crippen molar-refractivity contribution in [1.29, 1.82) is 0 Å². The first-order valence-electron chi connectivity index (χ1n) is 13.5. The Bertz CT molecular complexity index is 1200. The molecule has 1 saturated carbocycles. The fraction of sp³-hybridized carbons (Fsp3) is 0.455. The molecule has 2 nitrogen and oxygen atoms in total. The number of hydrogen-bond acceptors (Lipinski definition) is 2. The van der Waals surface area contributed by atoms with E-state index in [9.17, 15) is 0 Å². The number of aryl methyl sites for hydroxylation is 1. The first kappa shape index (κ1) is 24.1. The summed E-state index contributed by atoms with van der Waals surface area (Å²) in [5.41, 5.74) is 9.82. The van der Waals surface area contributed by atoms with Gasteiger partial charge in [0.2, 0.25) is 0 Å². The first-order valence-corrected chi connectivity index (χ1v) is 13.5. The molecular formula is C33H41NO. The van der Waals surface area contributed by atoms with Crippen LogP contribution in [0.5, 0.6) is 5.75 Å². The molecule has 0 aromatic heterocycles. The third-order valence-electron chi connectivity index (χ3n) is 8.22. The van der Waals surface area contributed by atoms with Gasteiger partial charge in [-0.15, -0.1) is 0 Å². The summed E-state index contributed by atoms with van der Waals surface area (Å²) in [6.07, 6.45) is 6.09. The van der Waals surface area contributed by atoms with Crippen molar-refractivity contribution in [2.75, 3.05) is 13.2 Å². The standard InChI is InChI=1S/C33H41NO/c1-6-23-9-7-8-10-27(23)24-12-16-31(35-20-19-34-26-13-14-26)28(21-24)25-11-15-29-30(22-25)33(4,5)18-17-32(29,2)3/h7-12,15-16,21-22,26,34H,6,13-14,17-20H2,1-5H3. The number of benzene rings is 3. The normalized spacial score (nSPS) is 18.2. The first-order chi connectivity index (χ1) is 16.8. The van der Waals surface area contributed by atoms with Gasteiger partial charge < -0.3 is 10.1 Å². The minimum atomic E-state index is 0.183. The third-order valence-corrected chi connectivity index (χ3v) is 8.22. The van der Waals surface area contributed by atoms with Crippen molar-refractivity contribution in [2.24, 2.45) is 0 Å². The Kier molecular flexibility index (Phi) is 6.53. The minimum Gasteiger partial charge on any atom is -0.492 e. The van der Waals surface area contributed by atoms with Gasteiger partial charge in [-0.2, -0.15) is 0 Å². The van der Waals surface area contributed by atoms with Crippen molar-refractivity contribution >= 4 is 0 Å². The summed E-state index contributed by atoms with van der Waals surface area (Å²) in [5, 5.41) is 3.57. The monoisotopic (exact) mass is 467 g/mol. The van der Waals surface area contributed by atoms with Crippen molar-refractivity contribution in [2.45, 2.75) is 83.6 Å². The Hall–Kier alpha value is -2.58. The third kappa shape index (κ3) is 5.05. The molecule has 0 heterocycles. The largest absolute Gasteiger partial charge is 0.492 e. The molecule has 2 aliphatic carbocycles. The van der Waals surface area contributed by atoms with Crippen LogP contribution in [0.3, 0.4) is 0 Å². The van der Waals surface area contributed by atoms with Gasteiger partial charge in [0.1, 0.15) is 12.4 Å². The molecule has 0 unspecified atom stereocenters. The SMILES string of the molecule is CCc1ccccc1-c1ccc(OCCNC2CC2)c(-c2ccc3c(c2)C(C)(C)CCC3(C)C)c1. The molecule has 3 aromatic carbocycles. The molecule has 0 spiro atoms. The fourth-order valence-corrected chi connectivity index (χ4v) is 5.63. The van der Waals surface area contributed by atoms with Crippen molar-refractivity contribution in [1.82, 2.24) is 5.32 Å². The highest BCUT2D eigenvalue weighted by molar-refractivity contribution is 5.79. The molecule has 3 aromatic rings. The van der Waals surface area contributed by atoms with Gasteiger partial charge in [-0.3, -0.25) is 0 Å². The molecule has 0 bridgehead atoms. The van der Waals surface area contributed by atoms with Gasteiger partial charge in [-0.25, -0.2) is 0 Å². The average Bonchev–Trinajstić information content (AvgIpc) is 3.69. The van der Waals surface area contributed by atoms with E-state index in [2.05, 4.69) is 101 Å². The van der Waals surface area contributed by atoms with Gasteiger partial charge in [-0.05, 0) is 88.4 Å². The molecule has 0 atom stereocenters. The maximum Gasteiger partial charge on any atom is 0.127 e. The molecule has 35 heavy (non-hydrogen) atoms. The predicted molar refractivity (Wildman–Crippen MR) is 148 cm³/mol. The van der Waals surface area contributed by atoms with Crippen LogP contribution in [0.2, 0.25) is 0 Å². The van der Waals surface area contributed by atoms with Crippen LogP contribution in [0, 0.1) is 0 Å². The maximum absolute atomic E-state index is 6.39. The second-order valence-electron chi connectivity index (χ2n) is 11.8. The Morgan fingerprint density at radius 1 is 0.800 bits per heavy atom. The van der Waals surface area contributed by atoms with E-state index in [1.165, 1.54) is 64.6 Å². The molecule has 1 fully saturated rings. The van der Waals surface area contributed by atoms with Gasteiger partial charge in [-0.1, -0.05) is 83.1 Å². The highest BCUT2D eigenvalue weighted by Crippen LogP contribution is 2.47. The molecule has 0 saturated heterocycles. The van der Waals surface area contributed by atoms with E-state index in [1.807, 2.05) is 0 Å². The van der Waals surface area contributed by atoms with E-state index in [4.69, 9.17) is 4.74 Å². The Labute approximate surface area is 212 Å². The minimum absolute atomic E-state index is 0.183. The van der Waals surface area contributed by atoms with Crippen molar-refractivity contribution < 1.29 is 4.74 Å². The van der Waals surface area contributed by atoms with Crippen LogP contribution in [0.1, 0.15) is 77.0 Å². The summed E-state index contributed by atoms with van der Waals surface area (Å²) in [6.45, 7) is 13.4. The summed E-state index contributed by atoms with van der Waals surface area (Å²) >= 11 is 0.